The molecule has 0 radical (unpaired) electrons. The van der Waals surface area contributed by atoms with E-state index >= 15 is 0 Å². The van der Waals surface area contributed by atoms with Crippen molar-refractivity contribution in [3.8, 4) is 0 Å². The number of esters is 2. The molecule has 320 valence electrons. The van der Waals surface area contributed by atoms with Crippen LogP contribution in [0.1, 0.15) is 162 Å². The fourth-order valence-corrected chi connectivity index (χ4v) is 6.91. The van der Waals surface area contributed by atoms with Gasteiger partial charge in [0.2, 0.25) is 0 Å². The van der Waals surface area contributed by atoms with Crippen LogP contribution in [0, 0.1) is 0 Å². The zero-order chi connectivity index (χ0) is 40.6. The molecule has 0 amide bonds. The van der Waals surface area contributed by atoms with E-state index < -0.39 is 71.2 Å². The van der Waals surface area contributed by atoms with Crippen LogP contribution >= 0.6 is 0 Å². The number of unbranched alkanes of at least 4 members (excludes halogenated alkanes) is 16. The van der Waals surface area contributed by atoms with E-state index in [0.717, 1.165) is 57.8 Å². The zero-order valence-electron chi connectivity index (χ0n) is 33.8. The molecular weight excluding hydrogens is 729 g/mol. The summed E-state index contributed by atoms with van der Waals surface area (Å²) in [4.78, 5) is 25.3. The van der Waals surface area contributed by atoms with Crippen molar-refractivity contribution in [1.82, 2.24) is 0 Å². The van der Waals surface area contributed by atoms with Gasteiger partial charge in [-0.05, 0) is 44.9 Å². The van der Waals surface area contributed by atoms with Crippen molar-refractivity contribution in [3.63, 3.8) is 0 Å². The molecule has 0 aromatic rings. The van der Waals surface area contributed by atoms with Crippen molar-refractivity contribution in [1.29, 1.82) is 0 Å². The summed E-state index contributed by atoms with van der Waals surface area (Å²) in [7, 11) is -4.60. The summed E-state index contributed by atoms with van der Waals surface area (Å²) < 4.78 is 53.9. The number of hydrogen-bond acceptors (Lipinski definition) is 11. The van der Waals surface area contributed by atoms with Gasteiger partial charge in [0.05, 0.1) is 6.61 Å². The Morgan fingerprint density at radius 3 is 1.71 bits per heavy atom. The van der Waals surface area contributed by atoms with Gasteiger partial charge in [-0.1, -0.05) is 140 Å². The normalized spacial score (nSPS) is 21.2. The quantitative estimate of drug-likeness (QED) is 0.0214. The summed E-state index contributed by atoms with van der Waals surface area (Å²) in [5.74, 6) is -2.02. The van der Waals surface area contributed by atoms with Gasteiger partial charge in [-0.25, -0.2) is 0 Å². The number of aliphatic hydroxyl groups is 3. The maximum Gasteiger partial charge on any atom is 0.306 e. The smallest absolute Gasteiger partial charge is 0.306 e. The van der Waals surface area contributed by atoms with Crippen LogP contribution < -0.4 is 0 Å². The van der Waals surface area contributed by atoms with Crippen molar-refractivity contribution in [2.24, 2.45) is 0 Å². The first-order valence-corrected chi connectivity index (χ1v) is 22.7. The Morgan fingerprint density at radius 1 is 0.636 bits per heavy atom. The summed E-state index contributed by atoms with van der Waals surface area (Å²) >= 11 is 0. The van der Waals surface area contributed by atoms with Crippen molar-refractivity contribution in [3.05, 3.63) is 36.5 Å². The lowest BCUT2D eigenvalue weighted by Gasteiger charge is -2.40. The van der Waals surface area contributed by atoms with Crippen molar-refractivity contribution < 1.29 is 56.8 Å². The third-order valence-corrected chi connectivity index (χ3v) is 10.2. The van der Waals surface area contributed by atoms with Crippen LogP contribution in [0.4, 0.5) is 0 Å². The van der Waals surface area contributed by atoms with Crippen LogP contribution in [-0.2, 0) is 38.7 Å². The Kier molecular flexibility index (Phi) is 30.4. The molecule has 12 nitrogen and oxygen atoms in total. The lowest BCUT2D eigenvalue weighted by Crippen LogP contribution is -2.60. The maximum absolute atomic E-state index is 12.7. The molecule has 0 aliphatic carbocycles. The monoisotopic (exact) mass is 802 g/mol. The lowest BCUT2D eigenvalue weighted by atomic mass is 10.00. The second-order valence-corrected chi connectivity index (χ2v) is 16.1. The minimum Gasteiger partial charge on any atom is -0.462 e. The first-order valence-electron chi connectivity index (χ1n) is 21.0. The molecule has 1 rings (SSSR count). The van der Waals surface area contributed by atoms with Gasteiger partial charge in [-0.2, -0.15) is 8.42 Å². The maximum atomic E-state index is 12.7. The van der Waals surface area contributed by atoms with Crippen molar-refractivity contribution in [2.75, 3.05) is 19.0 Å². The highest BCUT2D eigenvalue weighted by molar-refractivity contribution is 7.85. The molecule has 4 N–H and O–H groups in total. The molecule has 6 atom stereocenters. The molecule has 0 spiro atoms. The molecule has 1 saturated heterocycles. The molecule has 13 heteroatoms. The van der Waals surface area contributed by atoms with E-state index in [0.29, 0.717) is 12.8 Å². The molecule has 1 aliphatic rings. The van der Waals surface area contributed by atoms with Crippen LogP contribution in [-0.4, -0.2) is 96.0 Å². The first kappa shape index (κ1) is 50.9. The molecule has 0 bridgehead atoms. The molecule has 0 saturated carbocycles. The Labute approximate surface area is 331 Å². The van der Waals surface area contributed by atoms with E-state index in [1.54, 1.807) is 0 Å². The third kappa shape index (κ3) is 28.0. The number of rotatable bonds is 34. The molecule has 0 aromatic heterocycles. The summed E-state index contributed by atoms with van der Waals surface area (Å²) in [6.45, 7) is 3.60. The Bertz CT molecular complexity index is 1170. The minimum atomic E-state index is -4.60. The molecule has 0 aromatic carbocycles. The fourth-order valence-electron chi connectivity index (χ4n) is 6.22. The molecule has 55 heavy (non-hydrogen) atoms. The zero-order valence-corrected chi connectivity index (χ0v) is 34.6. The fraction of sp³-hybridized carbons (Fsp3) is 0.810. The molecule has 1 aliphatic heterocycles. The summed E-state index contributed by atoms with van der Waals surface area (Å²) in [5.41, 5.74) is 0. The van der Waals surface area contributed by atoms with Crippen LogP contribution in [0.5, 0.6) is 0 Å². The van der Waals surface area contributed by atoms with Gasteiger partial charge >= 0.3 is 11.9 Å². The number of carbonyl (C=O) groups is 2. The average molecular weight is 803 g/mol. The second-order valence-electron chi connectivity index (χ2n) is 14.6. The highest BCUT2D eigenvalue weighted by Gasteiger charge is 2.46. The van der Waals surface area contributed by atoms with Crippen molar-refractivity contribution in [2.45, 2.75) is 198 Å². The van der Waals surface area contributed by atoms with Gasteiger partial charge in [0.15, 0.2) is 12.4 Å². The lowest BCUT2D eigenvalue weighted by molar-refractivity contribution is -0.297. The first-order chi connectivity index (χ1) is 26.5. The van der Waals surface area contributed by atoms with Gasteiger partial charge in [-0.3, -0.25) is 14.1 Å². The van der Waals surface area contributed by atoms with Gasteiger partial charge in [0, 0.05) is 12.8 Å². The number of allylic oxidation sites excluding steroid dienone is 6. The van der Waals surface area contributed by atoms with Gasteiger partial charge < -0.3 is 34.3 Å². The van der Waals surface area contributed by atoms with Gasteiger partial charge in [0.1, 0.15) is 36.8 Å². The topological polar surface area (TPSA) is 186 Å². The van der Waals surface area contributed by atoms with Crippen LogP contribution in [0.3, 0.4) is 0 Å². The Morgan fingerprint density at radius 2 is 1.15 bits per heavy atom. The molecule has 1 fully saturated rings. The predicted octanol–water partition coefficient (Wildman–Crippen LogP) is 7.83. The number of aliphatic hydroxyl groups excluding tert-OH is 3. The molecular formula is C42H74O12S. The van der Waals surface area contributed by atoms with Crippen LogP contribution in [0.2, 0.25) is 0 Å². The Hall–Kier alpha value is -2.13. The molecule has 6 unspecified atom stereocenters. The van der Waals surface area contributed by atoms with Crippen LogP contribution in [0.25, 0.3) is 0 Å². The summed E-state index contributed by atoms with van der Waals surface area (Å²) in [6.07, 6.45) is 26.3. The number of carbonyl (C=O) groups excluding carboxylic acids is 2. The van der Waals surface area contributed by atoms with Crippen LogP contribution in [0.15, 0.2) is 36.5 Å². The number of hydrogen-bond donors (Lipinski definition) is 4. The standard InChI is InChI=1S/C42H74O12S/c1-3-5-7-9-11-13-15-17-19-20-22-24-26-28-30-37(43)51-32-35(33-52-42-41(47)40(46)39(45)36(54-42)34-55(48,49)50)53-38(44)31-29-27-25-23-21-18-16-14-12-10-8-6-4-2/h6,8,12,14,18,21,35-36,39-42,45-47H,3-5,7,9-11,13,15-17,19-20,22-34H2,1-2H3,(H,48,49,50)/b8-6-,14-12-,21-18-. The Balaban J connectivity index is 2.50. The summed E-state index contributed by atoms with van der Waals surface area (Å²) in [6, 6.07) is 0. The highest BCUT2D eigenvalue weighted by atomic mass is 32.2. The third-order valence-electron chi connectivity index (χ3n) is 9.48. The van der Waals surface area contributed by atoms with E-state index in [4.69, 9.17) is 18.9 Å². The van der Waals surface area contributed by atoms with Gasteiger partial charge in [-0.15, -0.1) is 0 Å². The highest BCUT2D eigenvalue weighted by Crippen LogP contribution is 2.24. The largest absolute Gasteiger partial charge is 0.462 e. The minimum absolute atomic E-state index is 0.130. The summed E-state index contributed by atoms with van der Waals surface area (Å²) in [5, 5.41) is 30.8. The average Bonchev–Trinajstić information content (AvgIpc) is 3.14. The second kappa shape index (κ2) is 32.9. The molecule has 1 heterocycles. The van der Waals surface area contributed by atoms with E-state index in [2.05, 4.69) is 50.3 Å². The predicted molar refractivity (Wildman–Crippen MR) is 215 cm³/mol. The van der Waals surface area contributed by atoms with E-state index in [9.17, 15) is 37.9 Å². The van der Waals surface area contributed by atoms with E-state index in [1.807, 2.05) is 0 Å². The van der Waals surface area contributed by atoms with Gasteiger partial charge in [0.25, 0.3) is 10.1 Å². The van der Waals surface area contributed by atoms with E-state index in [1.165, 1.54) is 64.2 Å². The SMILES string of the molecule is CC/C=C\C/C=C\C/C=C\CCCCCC(=O)OC(COC(=O)CCCCCCCCCCCCCCCC)COC1OC(CS(=O)(=O)O)C(O)C(O)C1O. The van der Waals surface area contributed by atoms with E-state index in [-0.39, 0.29) is 19.4 Å². The number of ether oxygens (including phenoxy) is 4. The van der Waals surface area contributed by atoms with Crippen molar-refractivity contribution >= 4 is 22.1 Å².